The third kappa shape index (κ3) is 3.86. The Bertz CT molecular complexity index is 488. The van der Waals surface area contributed by atoms with Crippen LogP contribution in [0.1, 0.15) is 36.9 Å². The first-order chi connectivity index (χ1) is 10.8. The highest BCUT2D eigenvalue weighted by Crippen LogP contribution is 2.32. The highest BCUT2D eigenvalue weighted by molar-refractivity contribution is 5.28. The van der Waals surface area contributed by atoms with Crippen LogP contribution >= 0.6 is 0 Å². The first-order valence-electron chi connectivity index (χ1n) is 8.60. The van der Waals surface area contributed by atoms with E-state index in [1.807, 2.05) is 0 Å². The van der Waals surface area contributed by atoms with Gasteiger partial charge in [-0.2, -0.15) is 0 Å². The van der Waals surface area contributed by atoms with E-state index < -0.39 is 0 Å². The van der Waals surface area contributed by atoms with Crippen LogP contribution in [0.5, 0.6) is 0 Å². The molecule has 0 bridgehead atoms. The number of hydrogen-bond donors (Lipinski definition) is 0. The van der Waals surface area contributed by atoms with Gasteiger partial charge in [-0.3, -0.25) is 9.80 Å². The molecule has 1 aromatic rings. The Hall–Kier alpha value is -0.970. The molecule has 0 saturated carbocycles. The number of morpholine rings is 1. The van der Waals surface area contributed by atoms with Gasteiger partial charge in [0.15, 0.2) is 0 Å². The third-order valence-corrected chi connectivity index (χ3v) is 4.95. The van der Waals surface area contributed by atoms with Crippen LogP contribution in [0.2, 0.25) is 0 Å². The predicted molar refractivity (Wildman–Crippen MR) is 86.6 cm³/mol. The molecule has 3 nitrogen and oxygen atoms in total. The van der Waals surface area contributed by atoms with Crippen LogP contribution < -0.4 is 0 Å². The molecule has 0 N–H and O–H groups in total. The van der Waals surface area contributed by atoms with E-state index in [-0.39, 0.29) is 5.82 Å². The lowest BCUT2D eigenvalue weighted by molar-refractivity contribution is 0.0384. The van der Waals surface area contributed by atoms with Gasteiger partial charge in [0.2, 0.25) is 0 Å². The number of rotatable bonds is 5. The minimum atomic E-state index is -0.0857. The zero-order valence-corrected chi connectivity index (χ0v) is 13.6. The summed E-state index contributed by atoms with van der Waals surface area (Å²) in [4.78, 5) is 4.86. The molecular formula is C18H27FN2O. The molecule has 2 fully saturated rings. The normalized spacial score (nSPS) is 24.0. The lowest BCUT2D eigenvalue weighted by Crippen LogP contribution is -2.37. The topological polar surface area (TPSA) is 15.7 Å². The molecule has 1 unspecified atom stereocenters. The summed E-state index contributed by atoms with van der Waals surface area (Å²) in [6.07, 6.45) is 3.29. The first kappa shape index (κ1) is 15.9. The van der Waals surface area contributed by atoms with E-state index in [0.717, 1.165) is 69.9 Å². The van der Waals surface area contributed by atoms with Crippen molar-refractivity contribution in [3.05, 3.63) is 35.1 Å². The molecule has 3 rings (SSSR count). The van der Waals surface area contributed by atoms with Gasteiger partial charge in [-0.25, -0.2) is 4.39 Å². The summed E-state index contributed by atoms with van der Waals surface area (Å²) in [5, 5.41) is 0. The van der Waals surface area contributed by atoms with E-state index in [0.29, 0.717) is 6.04 Å². The molecule has 2 aliphatic heterocycles. The molecule has 122 valence electrons. The van der Waals surface area contributed by atoms with E-state index >= 15 is 0 Å². The van der Waals surface area contributed by atoms with E-state index in [1.54, 1.807) is 12.1 Å². The summed E-state index contributed by atoms with van der Waals surface area (Å²) < 4.78 is 19.4. The van der Waals surface area contributed by atoms with Gasteiger partial charge >= 0.3 is 0 Å². The molecule has 2 saturated heterocycles. The summed E-state index contributed by atoms with van der Waals surface area (Å²) in [7, 11) is 0. The fourth-order valence-corrected chi connectivity index (χ4v) is 3.71. The Morgan fingerprint density at radius 2 is 2.00 bits per heavy atom. The molecule has 0 aromatic heterocycles. The SMILES string of the molecule is CCN1CCCC1c1cc(F)cc(CCN2CCOCC2)c1. The van der Waals surface area contributed by atoms with E-state index in [4.69, 9.17) is 4.74 Å². The van der Waals surface area contributed by atoms with Crippen LogP contribution in [-0.2, 0) is 11.2 Å². The van der Waals surface area contributed by atoms with Crippen molar-refractivity contribution in [1.82, 2.24) is 9.80 Å². The summed E-state index contributed by atoms with van der Waals surface area (Å²) >= 11 is 0. The maximum absolute atomic E-state index is 14.0. The summed E-state index contributed by atoms with van der Waals surface area (Å²) in [6, 6.07) is 6.07. The van der Waals surface area contributed by atoms with Crippen molar-refractivity contribution in [3.8, 4) is 0 Å². The van der Waals surface area contributed by atoms with Crippen molar-refractivity contribution in [2.45, 2.75) is 32.2 Å². The van der Waals surface area contributed by atoms with E-state index in [2.05, 4.69) is 22.8 Å². The van der Waals surface area contributed by atoms with Crippen molar-refractivity contribution in [2.75, 3.05) is 45.9 Å². The fourth-order valence-electron chi connectivity index (χ4n) is 3.71. The van der Waals surface area contributed by atoms with Gasteiger partial charge < -0.3 is 4.74 Å². The maximum atomic E-state index is 14.0. The van der Waals surface area contributed by atoms with E-state index in [9.17, 15) is 4.39 Å². The van der Waals surface area contributed by atoms with Gasteiger partial charge in [0, 0.05) is 25.7 Å². The quantitative estimate of drug-likeness (QED) is 0.832. The molecule has 0 spiro atoms. The van der Waals surface area contributed by atoms with Gasteiger partial charge in [0.05, 0.1) is 13.2 Å². The van der Waals surface area contributed by atoms with Crippen molar-refractivity contribution in [1.29, 1.82) is 0 Å². The van der Waals surface area contributed by atoms with Crippen LogP contribution in [0.25, 0.3) is 0 Å². The van der Waals surface area contributed by atoms with Gasteiger partial charge in [-0.05, 0) is 55.6 Å². The molecule has 0 amide bonds. The smallest absolute Gasteiger partial charge is 0.123 e. The standard InChI is InChI=1S/C18H27FN2O/c1-2-21-6-3-4-18(21)16-12-15(13-17(19)14-16)5-7-20-8-10-22-11-9-20/h12-14,18H,2-11H2,1H3. The highest BCUT2D eigenvalue weighted by Gasteiger charge is 2.25. The lowest BCUT2D eigenvalue weighted by atomic mass is 10.00. The molecule has 4 heteroatoms. The summed E-state index contributed by atoms with van der Waals surface area (Å²) in [6.45, 7) is 9.00. The summed E-state index contributed by atoms with van der Waals surface area (Å²) in [5.74, 6) is -0.0857. The van der Waals surface area contributed by atoms with Crippen molar-refractivity contribution in [3.63, 3.8) is 0 Å². The second-order valence-electron chi connectivity index (χ2n) is 6.38. The van der Waals surface area contributed by atoms with Gasteiger partial charge in [0.1, 0.15) is 5.82 Å². The average Bonchev–Trinajstić information content (AvgIpc) is 3.02. The van der Waals surface area contributed by atoms with Crippen LogP contribution in [0.4, 0.5) is 4.39 Å². The zero-order chi connectivity index (χ0) is 15.4. The Labute approximate surface area is 133 Å². The highest BCUT2D eigenvalue weighted by atomic mass is 19.1. The van der Waals surface area contributed by atoms with Gasteiger partial charge in [0.25, 0.3) is 0 Å². The van der Waals surface area contributed by atoms with Crippen molar-refractivity contribution >= 4 is 0 Å². The average molecular weight is 306 g/mol. The zero-order valence-electron chi connectivity index (χ0n) is 13.6. The monoisotopic (exact) mass is 306 g/mol. The molecular weight excluding hydrogens is 279 g/mol. The van der Waals surface area contributed by atoms with E-state index in [1.165, 1.54) is 6.42 Å². The second-order valence-corrected chi connectivity index (χ2v) is 6.38. The first-order valence-corrected chi connectivity index (χ1v) is 8.60. The molecule has 1 aromatic carbocycles. The van der Waals surface area contributed by atoms with Crippen molar-refractivity contribution < 1.29 is 9.13 Å². The molecule has 0 radical (unpaired) electrons. The number of benzene rings is 1. The fraction of sp³-hybridized carbons (Fsp3) is 0.667. The van der Waals surface area contributed by atoms with Crippen LogP contribution in [0.15, 0.2) is 18.2 Å². The Morgan fingerprint density at radius 1 is 1.18 bits per heavy atom. The molecule has 0 aliphatic carbocycles. The summed E-state index contributed by atoms with van der Waals surface area (Å²) in [5.41, 5.74) is 2.29. The molecule has 2 heterocycles. The number of nitrogens with zero attached hydrogens (tertiary/aromatic N) is 2. The Morgan fingerprint density at radius 3 is 2.77 bits per heavy atom. The number of halogens is 1. The Balaban J connectivity index is 1.66. The molecule has 1 atom stereocenters. The molecule has 2 aliphatic rings. The number of likely N-dealkylation sites (tertiary alicyclic amines) is 1. The van der Waals surface area contributed by atoms with Gasteiger partial charge in [-0.1, -0.05) is 13.0 Å². The minimum Gasteiger partial charge on any atom is -0.379 e. The van der Waals surface area contributed by atoms with Crippen LogP contribution in [-0.4, -0.2) is 55.7 Å². The van der Waals surface area contributed by atoms with Crippen molar-refractivity contribution in [2.24, 2.45) is 0 Å². The van der Waals surface area contributed by atoms with Crippen LogP contribution in [0, 0.1) is 5.82 Å². The lowest BCUT2D eigenvalue weighted by Gasteiger charge is -2.27. The second kappa shape index (κ2) is 7.53. The third-order valence-electron chi connectivity index (χ3n) is 4.95. The maximum Gasteiger partial charge on any atom is 0.123 e. The Kier molecular flexibility index (Phi) is 5.45. The van der Waals surface area contributed by atoms with Gasteiger partial charge in [-0.15, -0.1) is 0 Å². The number of ether oxygens (including phenoxy) is 1. The predicted octanol–water partition coefficient (Wildman–Crippen LogP) is 2.86. The minimum absolute atomic E-state index is 0.0857. The molecule has 22 heavy (non-hydrogen) atoms. The number of hydrogen-bond acceptors (Lipinski definition) is 3. The largest absolute Gasteiger partial charge is 0.379 e. The van der Waals surface area contributed by atoms with Crippen LogP contribution in [0.3, 0.4) is 0 Å².